The van der Waals surface area contributed by atoms with E-state index in [1.54, 1.807) is 6.07 Å². The van der Waals surface area contributed by atoms with Crippen LogP contribution in [0.1, 0.15) is 11.3 Å². The van der Waals surface area contributed by atoms with Gasteiger partial charge in [-0.05, 0) is 28.4 Å². The number of sulfone groups is 1. The maximum atomic E-state index is 12.6. The molecule has 1 aromatic rings. The summed E-state index contributed by atoms with van der Waals surface area (Å²) in [5.74, 6) is -0.0877. The van der Waals surface area contributed by atoms with Crippen LogP contribution in [0.15, 0.2) is 14.7 Å². The van der Waals surface area contributed by atoms with Crippen LogP contribution in [0.4, 0.5) is 0 Å². The van der Waals surface area contributed by atoms with Gasteiger partial charge in [-0.25, -0.2) is 16.8 Å². The number of sulfonamides is 1. The number of thiophene rings is 1. The first-order chi connectivity index (χ1) is 9.26. The molecule has 2 heterocycles. The van der Waals surface area contributed by atoms with E-state index in [0.717, 1.165) is 4.88 Å². The van der Waals surface area contributed by atoms with Gasteiger partial charge in [-0.3, -0.25) is 0 Å². The normalized spacial score (nSPS) is 20.7. The van der Waals surface area contributed by atoms with E-state index in [2.05, 4.69) is 15.9 Å². The maximum Gasteiger partial charge on any atom is 0.245 e. The third-order valence-corrected chi connectivity index (χ3v) is 8.93. The van der Waals surface area contributed by atoms with Crippen molar-refractivity contribution in [1.29, 1.82) is 0 Å². The number of nitrogens with two attached hydrogens (primary N) is 1. The molecule has 0 aromatic carbocycles. The zero-order valence-corrected chi connectivity index (χ0v) is 14.6. The van der Waals surface area contributed by atoms with Crippen molar-refractivity contribution in [3.8, 4) is 0 Å². The summed E-state index contributed by atoms with van der Waals surface area (Å²) in [5.41, 5.74) is 5.52. The molecule has 1 aromatic heterocycles. The minimum Gasteiger partial charge on any atom is -0.326 e. The van der Waals surface area contributed by atoms with Crippen molar-refractivity contribution in [3.63, 3.8) is 0 Å². The molecule has 0 bridgehead atoms. The van der Waals surface area contributed by atoms with E-state index in [4.69, 9.17) is 5.73 Å². The summed E-state index contributed by atoms with van der Waals surface area (Å²) in [4.78, 5) is 0.931. The fourth-order valence-corrected chi connectivity index (χ4v) is 7.35. The Kier molecular flexibility index (Phi) is 4.92. The minimum absolute atomic E-state index is 0.00487. The van der Waals surface area contributed by atoms with Crippen molar-refractivity contribution in [2.45, 2.75) is 17.9 Å². The zero-order valence-electron chi connectivity index (χ0n) is 10.6. The van der Waals surface area contributed by atoms with Gasteiger partial charge in [0.15, 0.2) is 9.84 Å². The smallest absolute Gasteiger partial charge is 0.245 e. The standard InChI is InChI=1S/C10H15BrN2O4S3/c11-10-9(6-8(7-12)18-10)20(16,17)13-2-1-4-19(14,15)5-3-13/h6H,1-5,7,12H2. The summed E-state index contributed by atoms with van der Waals surface area (Å²) in [6, 6.07) is 1.55. The Labute approximate surface area is 131 Å². The van der Waals surface area contributed by atoms with Gasteiger partial charge in [0.1, 0.15) is 4.90 Å². The number of hydrogen-bond donors (Lipinski definition) is 1. The first-order valence-electron chi connectivity index (χ1n) is 5.95. The predicted molar refractivity (Wildman–Crippen MR) is 81.9 cm³/mol. The molecule has 10 heteroatoms. The van der Waals surface area contributed by atoms with Gasteiger partial charge in [0, 0.05) is 24.5 Å². The van der Waals surface area contributed by atoms with Crippen molar-refractivity contribution in [1.82, 2.24) is 4.31 Å². The molecular formula is C10H15BrN2O4S3. The van der Waals surface area contributed by atoms with Crippen LogP contribution in [0, 0.1) is 0 Å². The second-order valence-corrected chi connectivity index (χ2v) is 11.1. The van der Waals surface area contributed by atoms with Gasteiger partial charge >= 0.3 is 0 Å². The molecular weight excluding hydrogens is 388 g/mol. The van der Waals surface area contributed by atoms with E-state index >= 15 is 0 Å². The highest BCUT2D eigenvalue weighted by Crippen LogP contribution is 2.33. The van der Waals surface area contributed by atoms with Crippen LogP contribution < -0.4 is 5.73 Å². The largest absolute Gasteiger partial charge is 0.326 e. The van der Waals surface area contributed by atoms with Gasteiger partial charge < -0.3 is 5.73 Å². The third-order valence-electron chi connectivity index (χ3n) is 3.04. The second kappa shape index (κ2) is 6.01. The fraction of sp³-hybridized carbons (Fsp3) is 0.600. The molecule has 1 aliphatic heterocycles. The van der Waals surface area contributed by atoms with Crippen LogP contribution in [0.25, 0.3) is 0 Å². The summed E-state index contributed by atoms with van der Waals surface area (Å²) >= 11 is 4.52. The first kappa shape index (κ1) is 16.4. The molecule has 0 saturated carbocycles. The summed E-state index contributed by atoms with van der Waals surface area (Å²) in [6.45, 7) is 0.500. The van der Waals surface area contributed by atoms with E-state index in [0.29, 0.717) is 10.2 Å². The third kappa shape index (κ3) is 3.42. The number of halogens is 1. The lowest BCUT2D eigenvalue weighted by molar-refractivity contribution is 0.434. The van der Waals surface area contributed by atoms with Crippen molar-refractivity contribution in [2.24, 2.45) is 5.73 Å². The predicted octanol–water partition coefficient (Wildman–Crippen LogP) is 0.778. The van der Waals surface area contributed by atoms with Gasteiger partial charge in [0.05, 0.1) is 15.3 Å². The summed E-state index contributed by atoms with van der Waals surface area (Å²) in [6.07, 6.45) is 0.326. The van der Waals surface area contributed by atoms with Crippen LogP contribution in [-0.2, 0) is 26.4 Å². The monoisotopic (exact) mass is 402 g/mol. The molecule has 0 unspecified atom stereocenters. The van der Waals surface area contributed by atoms with E-state index in [1.165, 1.54) is 15.6 Å². The highest BCUT2D eigenvalue weighted by Gasteiger charge is 2.31. The van der Waals surface area contributed by atoms with E-state index < -0.39 is 19.9 Å². The Morgan fingerprint density at radius 3 is 2.65 bits per heavy atom. The molecule has 0 amide bonds. The molecule has 0 aliphatic carbocycles. The molecule has 2 rings (SSSR count). The van der Waals surface area contributed by atoms with Crippen LogP contribution in [-0.4, -0.2) is 45.7 Å². The molecule has 1 fully saturated rings. The van der Waals surface area contributed by atoms with Crippen molar-refractivity contribution in [2.75, 3.05) is 24.6 Å². The van der Waals surface area contributed by atoms with Gasteiger partial charge in [-0.1, -0.05) is 0 Å². The van der Waals surface area contributed by atoms with Crippen molar-refractivity contribution < 1.29 is 16.8 Å². The molecule has 0 atom stereocenters. The average molecular weight is 403 g/mol. The molecule has 1 aliphatic rings. The Hall–Kier alpha value is -0.000000000000000194. The van der Waals surface area contributed by atoms with Crippen LogP contribution in [0.3, 0.4) is 0 Å². The van der Waals surface area contributed by atoms with Crippen molar-refractivity contribution >= 4 is 47.1 Å². The SMILES string of the molecule is NCc1cc(S(=O)(=O)N2CCCS(=O)(=O)CC2)c(Br)s1. The lowest BCUT2D eigenvalue weighted by Crippen LogP contribution is -2.33. The number of nitrogens with zero attached hydrogens (tertiary/aromatic N) is 1. The topological polar surface area (TPSA) is 97.5 Å². The quantitative estimate of drug-likeness (QED) is 0.805. The maximum absolute atomic E-state index is 12.6. The van der Waals surface area contributed by atoms with Crippen molar-refractivity contribution in [3.05, 3.63) is 14.7 Å². The zero-order chi connectivity index (χ0) is 15.0. The molecule has 114 valence electrons. The summed E-state index contributed by atoms with van der Waals surface area (Å²) in [7, 11) is -6.82. The molecule has 0 spiro atoms. The highest BCUT2D eigenvalue weighted by molar-refractivity contribution is 9.11. The van der Waals surface area contributed by atoms with Gasteiger partial charge in [0.2, 0.25) is 10.0 Å². The lowest BCUT2D eigenvalue weighted by Gasteiger charge is -2.18. The highest BCUT2D eigenvalue weighted by atomic mass is 79.9. The number of hydrogen-bond acceptors (Lipinski definition) is 6. The number of rotatable bonds is 3. The van der Waals surface area contributed by atoms with Crippen LogP contribution in [0.2, 0.25) is 0 Å². The van der Waals surface area contributed by atoms with Crippen LogP contribution >= 0.6 is 27.3 Å². The van der Waals surface area contributed by atoms with Gasteiger partial charge in [-0.15, -0.1) is 11.3 Å². The Morgan fingerprint density at radius 2 is 2.05 bits per heavy atom. The Bertz CT molecular complexity index is 696. The molecule has 1 saturated heterocycles. The first-order valence-corrected chi connectivity index (χ1v) is 10.8. The second-order valence-electron chi connectivity index (χ2n) is 4.46. The Morgan fingerprint density at radius 1 is 1.35 bits per heavy atom. The van der Waals surface area contributed by atoms with E-state index in [-0.39, 0.29) is 36.0 Å². The molecule has 20 heavy (non-hydrogen) atoms. The van der Waals surface area contributed by atoms with Gasteiger partial charge in [-0.2, -0.15) is 4.31 Å². The molecule has 0 radical (unpaired) electrons. The Balaban J connectivity index is 2.32. The summed E-state index contributed by atoms with van der Waals surface area (Å²) < 4.78 is 50.0. The van der Waals surface area contributed by atoms with E-state index in [9.17, 15) is 16.8 Å². The summed E-state index contributed by atoms with van der Waals surface area (Å²) in [5, 5.41) is 0. The van der Waals surface area contributed by atoms with E-state index in [1.807, 2.05) is 0 Å². The van der Waals surface area contributed by atoms with Crippen LogP contribution in [0.5, 0.6) is 0 Å². The van der Waals surface area contributed by atoms with Gasteiger partial charge in [0.25, 0.3) is 0 Å². The molecule has 6 nitrogen and oxygen atoms in total. The lowest BCUT2D eigenvalue weighted by atomic mass is 10.5. The fourth-order valence-electron chi connectivity index (χ4n) is 1.97. The minimum atomic E-state index is -3.68. The average Bonchev–Trinajstić information content (AvgIpc) is 2.64. The molecule has 2 N–H and O–H groups in total.